The SMILES string of the molecule is Cc1ccc(S(=O)(=O)OC2=C(C(=O)O)[N+]3([C@@H](C)O)C(=O)CC3CC2)cc1. The molecule has 0 saturated carbocycles. The van der Waals surface area contributed by atoms with Gasteiger partial charge in [0.2, 0.25) is 0 Å². The highest BCUT2D eigenvalue weighted by molar-refractivity contribution is 7.86. The van der Waals surface area contributed by atoms with Gasteiger partial charge in [0.05, 0.1) is 0 Å². The van der Waals surface area contributed by atoms with Gasteiger partial charge in [-0.2, -0.15) is 12.9 Å². The monoisotopic (exact) mass is 382 g/mol. The summed E-state index contributed by atoms with van der Waals surface area (Å²) in [5, 5.41) is 19.8. The van der Waals surface area contributed by atoms with E-state index in [2.05, 4.69) is 0 Å². The quantitative estimate of drug-likeness (QED) is 0.447. The number of rotatable bonds is 5. The number of aryl methyl sites for hydroxylation is 1. The fraction of sp³-hybridized carbons (Fsp3) is 0.412. The van der Waals surface area contributed by atoms with Crippen molar-refractivity contribution < 1.29 is 36.9 Å². The number of amides is 1. The molecule has 0 bridgehead atoms. The highest BCUT2D eigenvalue weighted by Crippen LogP contribution is 2.47. The van der Waals surface area contributed by atoms with Crippen molar-refractivity contribution >= 4 is 22.0 Å². The van der Waals surface area contributed by atoms with Crippen molar-refractivity contribution in [3.63, 3.8) is 0 Å². The fourth-order valence-corrected chi connectivity index (χ4v) is 4.76. The molecule has 1 aromatic carbocycles. The first-order valence-corrected chi connectivity index (χ1v) is 9.59. The van der Waals surface area contributed by atoms with Gasteiger partial charge >= 0.3 is 22.0 Å². The van der Waals surface area contributed by atoms with E-state index in [-0.39, 0.29) is 29.5 Å². The predicted octanol–water partition coefficient (Wildman–Crippen LogP) is 1.24. The van der Waals surface area contributed by atoms with Crippen molar-refractivity contribution in [1.82, 2.24) is 0 Å². The third-order valence-corrected chi connectivity index (χ3v) is 6.32. The molecule has 1 aromatic rings. The molecule has 2 heterocycles. The number of aliphatic hydroxyl groups excluding tert-OH is 1. The van der Waals surface area contributed by atoms with Crippen molar-refractivity contribution in [3.8, 4) is 0 Å². The Bertz CT molecular complexity index is 902. The number of carbonyl (C=O) groups is 2. The van der Waals surface area contributed by atoms with Crippen LogP contribution in [-0.4, -0.2) is 47.3 Å². The van der Waals surface area contributed by atoms with E-state index in [4.69, 9.17) is 4.18 Å². The first-order valence-electron chi connectivity index (χ1n) is 8.18. The molecule has 1 saturated heterocycles. The van der Waals surface area contributed by atoms with Crippen LogP contribution in [0.1, 0.15) is 31.7 Å². The zero-order valence-electron chi connectivity index (χ0n) is 14.4. The van der Waals surface area contributed by atoms with Crippen LogP contribution in [-0.2, 0) is 23.9 Å². The van der Waals surface area contributed by atoms with Crippen LogP contribution in [0.15, 0.2) is 40.6 Å². The largest absolute Gasteiger partial charge is 0.474 e. The Labute approximate surface area is 151 Å². The lowest BCUT2D eigenvalue weighted by Gasteiger charge is -2.52. The van der Waals surface area contributed by atoms with Crippen LogP contribution < -0.4 is 0 Å². The lowest BCUT2D eigenvalue weighted by Crippen LogP contribution is -2.74. The van der Waals surface area contributed by atoms with Crippen LogP contribution in [0, 0.1) is 6.92 Å². The summed E-state index contributed by atoms with van der Waals surface area (Å²) in [4.78, 5) is 24.0. The number of hydrogen-bond donors (Lipinski definition) is 2. The Kier molecular flexibility index (Phi) is 4.41. The second-order valence-corrected chi connectivity index (χ2v) is 8.17. The van der Waals surface area contributed by atoms with Gasteiger partial charge in [0.15, 0.2) is 12.0 Å². The van der Waals surface area contributed by atoms with Crippen LogP contribution >= 0.6 is 0 Å². The van der Waals surface area contributed by atoms with E-state index in [1.165, 1.54) is 19.1 Å². The van der Waals surface area contributed by atoms with Crippen LogP contribution in [0.5, 0.6) is 0 Å². The molecule has 3 atom stereocenters. The van der Waals surface area contributed by atoms with Gasteiger partial charge < -0.3 is 14.4 Å². The van der Waals surface area contributed by atoms with E-state index in [9.17, 15) is 28.2 Å². The number of quaternary nitrogens is 1. The van der Waals surface area contributed by atoms with Crippen molar-refractivity contribution in [2.24, 2.45) is 0 Å². The van der Waals surface area contributed by atoms with Gasteiger partial charge in [-0.05, 0) is 19.1 Å². The standard InChI is InChI=1S/C17H19NO7S/c1-10-3-6-13(7-4-10)26(23,24)25-14-8-5-12-9-15(20)18(12,11(2)19)16(14)17(21)22/h3-4,6-7,11-12,19H,5,8-9H2,1-2H3/p+1/t11-,12?,18?/m1/s1. The summed E-state index contributed by atoms with van der Waals surface area (Å²) in [5.74, 6) is -2.24. The summed E-state index contributed by atoms with van der Waals surface area (Å²) in [6, 6.07) is 5.55. The lowest BCUT2D eigenvalue weighted by atomic mass is 9.85. The number of nitrogens with zero attached hydrogens (tertiary/aromatic N) is 1. The van der Waals surface area contributed by atoms with E-state index < -0.39 is 38.4 Å². The summed E-state index contributed by atoms with van der Waals surface area (Å²) in [7, 11) is -4.25. The number of aliphatic hydroxyl groups is 1. The highest BCUT2D eigenvalue weighted by atomic mass is 32.2. The minimum atomic E-state index is -4.25. The molecule has 0 aromatic heterocycles. The molecule has 2 aliphatic rings. The second kappa shape index (κ2) is 6.19. The average molecular weight is 382 g/mol. The Balaban J connectivity index is 2.08. The Morgan fingerprint density at radius 1 is 1.31 bits per heavy atom. The summed E-state index contributed by atoms with van der Waals surface area (Å²) in [6.07, 6.45) is -0.739. The number of carbonyl (C=O) groups excluding carboxylic acids is 1. The number of fused-ring (bicyclic) bond motifs is 1. The molecule has 1 amide bonds. The molecule has 2 aliphatic heterocycles. The second-order valence-electron chi connectivity index (χ2n) is 6.63. The van der Waals surface area contributed by atoms with E-state index >= 15 is 0 Å². The minimum absolute atomic E-state index is 0.0669. The van der Waals surface area contributed by atoms with Gasteiger partial charge in [-0.15, -0.1) is 0 Å². The first-order chi connectivity index (χ1) is 12.1. The molecule has 9 heteroatoms. The molecule has 3 rings (SSSR count). The third kappa shape index (κ3) is 2.63. The van der Waals surface area contributed by atoms with Gasteiger partial charge in [0.25, 0.3) is 5.70 Å². The Morgan fingerprint density at radius 2 is 1.92 bits per heavy atom. The molecule has 140 valence electrons. The van der Waals surface area contributed by atoms with E-state index in [1.807, 2.05) is 0 Å². The van der Waals surface area contributed by atoms with Crippen molar-refractivity contribution in [1.29, 1.82) is 0 Å². The van der Waals surface area contributed by atoms with Gasteiger partial charge in [-0.25, -0.2) is 9.59 Å². The molecular weight excluding hydrogens is 362 g/mol. The number of carboxylic acid groups (broad SMARTS) is 1. The lowest BCUT2D eigenvalue weighted by molar-refractivity contribution is -0.914. The van der Waals surface area contributed by atoms with E-state index in [0.29, 0.717) is 6.42 Å². The highest BCUT2D eigenvalue weighted by Gasteiger charge is 2.66. The van der Waals surface area contributed by atoms with Crippen molar-refractivity contribution in [2.75, 3.05) is 0 Å². The number of benzene rings is 1. The normalized spacial score (nSPS) is 26.7. The van der Waals surface area contributed by atoms with Gasteiger partial charge in [-0.3, -0.25) is 0 Å². The van der Waals surface area contributed by atoms with Crippen LogP contribution in [0.2, 0.25) is 0 Å². The molecule has 2 N–H and O–H groups in total. The number of aliphatic carboxylic acids is 1. The molecular formula is C17H20NO7S+. The molecule has 0 spiro atoms. The maximum absolute atomic E-state index is 12.5. The molecule has 26 heavy (non-hydrogen) atoms. The topological polar surface area (TPSA) is 118 Å². The first kappa shape index (κ1) is 18.6. The maximum atomic E-state index is 12.5. The van der Waals surface area contributed by atoms with E-state index in [1.54, 1.807) is 19.1 Å². The number of allylic oxidation sites excluding steroid dienone is 1. The average Bonchev–Trinajstić information content (AvgIpc) is 2.54. The summed E-state index contributed by atoms with van der Waals surface area (Å²) >= 11 is 0. The van der Waals surface area contributed by atoms with Crippen LogP contribution in [0.25, 0.3) is 0 Å². The predicted molar refractivity (Wildman–Crippen MR) is 88.7 cm³/mol. The zero-order chi connectivity index (χ0) is 19.3. The van der Waals surface area contributed by atoms with Crippen LogP contribution in [0.3, 0.4) is 0 Å². The smallest absolute Gasteiger partial charge is 0.394 e. The fourth-order valence-electron chi connectivity index (χ4n) is 3.77. The Morgan fingerprint density at radius 3 is 2.42 bits per heavy atom. The number of carboxylic acids is 1. The number of hydrogen-bond acceptors (Lipinski definition) is 6. The van der Waals surface area contributed by atoms with Gasteiger partial charge in [0, 0.05) is 19.8 Å². The molecule has 0 radical (unpaired) electrons. The molecule has 0 aliphatic carbocycles. The van der Waals surface area contributed by atoms with Gasteiger partial charge in [0.1, 0.15) is 17.4 Å². The maximum Gasteiger partial charge on any atom is 0.394 e. The summed E-state index contributed by atoms with van der Waals surface area (Å²) in [6.45, 7) is 3.13. The summed E-state index contributed by atoms with van der Waals surface area (Å²) < 4.78 is 29.4. The van der Waals surface area contributed by atoms with Crippen molar-refractivity contribution in [2.45, 2.75) is 50.3 Å². The minimum Gasteiger partial charge on any atom is -0.474 e. The molecule has 8 nitrogen and oxygen atoms in total. The molecule has 2 unspecified atom stereocenters. The number of β-lactam (4-membered cyclic amide) rings is 1. The van der Waals surface area contributed by atoms with E-state index in [0.717, 1.165) is 5.56 Å². The third-order valence-electron chi connectivity index (χ3n) is 5.05. The van der Waals surface area contributed by atoms with Crippen LogP contribution in [0.4, 0.5) is 0 Å². The van der Waals surface area contributed by atoms with Crippen molar-refractivity contribution in [3.05, 3.63) is 41.3 Å². The Hall–Kier alpha value is -2.23. The van der Waals surface area contributed by atoms with Gasteiger partial charge in [-0.1, -0.05) is 17.7 Å². The summed E-state index contributed by atoms with van der Waals surface area (Å²) in [5.41, 5.74) is 0.364. The molecule has 1 fully saturated rings. The zero-order valence-corrected chi connectivity index (χ0v) is 15.2.